The largest absolute Gasteiger partial charge is 0.416 e. The average Bonchev–Trinajstić information content (AvgIpc) is 2.45. The normalized spacial score (nSPS) is 24.2. The molecule has 1 aliphatic rings. The minimum absolute atomic E-state index is 0.0701. The third kappa shape index (κ3) is 4.28. The molecule has 0 aromatic heterocycles. The number of halogens is 3. The van der Waals surface area contributed by atoms with Crippen LogP contribution in [0.25, 0.3) is 6.08 Å². The summed E-state index contributed by atoms with van der Waals surface area (Å²) >= 11 is 1.81. The van der Waals surface area contributed by atoms with Crippen LogP contribution in [0.1, 0.15) is 24.0 Å². The Labute approximate surface area is 121 Å². The minimum Gasteiger partial charge on any atom is -0.373 e. The summed E-state index contributed by atoms with van der Waals surface area (Å²) in [4.78, 5) is 0. The SMILES string of the molecule is CSC1CCC(C=Cc2ccc(C(F)(F)F)cc2)OC1. The number of alkyl halides is 3. The van der Waals surface area contributed by atoms with Crippen LogP contribution in [0.3, 0.4) is 0 Å². The first-order chi connectivity index (χ1) is 9.49. The van der Waals surface area contributed by atoms with E-state index in [9.17, 15) is 13.2 Å². The monoisotopic (exact) mass is 302 g/mol. The number of rotatable bonds is 3. The first-order valence-corrected chi connectivity index (χ1v) is 7.77. The zero-order valence-corrected chi connectivity index (χ0v) is 12.0. The lowest BCUT2D eigenvalue weighted by molar-refractivity contribution is -0.137. The fraction of sp³-hybridized carbons (Fsp3) is 0.467. The van der Waals surface area contributed by atoms with Crippen LogP contribution in [0, 0.1) is 0 Å². The highest BCUT2D eigenvalue weighted by molar-refractivity contribution is 7.99. The summed E-state index contributed by atoms with van der Waals surface area (Å²) in [5.74, 6) is 0. The van der Waals surface area contributed by atoms with Gasteiger partial charge in [-0.1, -0.05) is 24.3 Å². The Morgan fingerprint density at radius 3 is 2.40 bits per heavy atom. The summed E-state index contributed by atoms with van der Waals surface area (Å²) in [5, 5.41) is 0.561. The van der Waals surface area contributed by atoms with E-state index < -0.39 is 11.7 Å². The van der Waals surface area contributed by atoms with E-state index in [1.54, 1.807) is 0 Å². The second-order valence-electron chi connectivity index (χ2n) is 4.79. The van der Waals surface area contributed by atoms with Gasteiger partial charge in [0, 0.05) is 5.25 Å². The van der Waals surface area contributed by atoms with Crippen LogP contribution in [0.5, 0.6) is 0 Å². The van der Waals surface area contributed by atoms with Gasteiger partial charge in [-0.2, -0.15) is 24.9 Å². The molecule has 0 aliphatic carbocycles. The molecule has 0 saturated carbocycles. The molecule has 0 amide bonds. The number of hydrogen-bond donors (Lipinski definition) is 0. The quantitative estimate of drug-likeness (QED) is 0.805. The molecule has 2 rings (SSSR count). The van der Waals surface area contributed by atoms with Crippen LogP contribution in [0.4, 0.5) is 13.2 Å². The molecule has 1 heterocycles. The Morgan fingerprint density at radius 2 is 1.90 bits per heavy atom. The van der Waals surface area contributed by atoms with Crippen molar-refractivity contribution in [2.45, 2.75) is 30.4 Å². The number of hydrogen-bond acceptors (Lipinski definition) is 2. The van der Waals surface area contributed by atoms with Gasteiger partial charge in [-0.25, -0.2) is 0 Å². The molecule has 1 saturated heterocycles. The van der Waals surface area contributed by atoms with Gasteiger partial charge in [0.1, 0.15) is 0 Å². The highest BCUT2D eigenvalue weighted by Gasteiger charge is 2.29. The molecular weight excluding hydrogens is 285 g/mol. The Bertz CT molecular complexity index is 445. The van der Waals surface area contributed by atoms with Crippen molar-refractivity contribution in [1.82, 2.24) is 0 Å². The van der Waals surface area contributed by atoms with Crippen LogP contribution < -0.4 is 0 Å². The van der Waals surface area contributed by atoms with E-state index in [1.165, 1.54) is 12.1 Å². The maximum absolute atomic E-state index is 12.4. The van der Waals surface area contributed by atoms with Crippen molar-refractivity contribution in [3.63, 3.8) is 0 Å². The van der Waals surface area contributed by atoms with Crippen LogP contribution in [-0.2, 0) is 10.9 Å². The van der Waals surface area contributed by atoms with E-state index in [2.05, 4.69) is 6.26 Å². The molecule has 2 unspecified atom stereocenters. The fourth-order valence-electron chi connectivity index (χ4n) is 2.09. The highest BCUT2D eigenvalue weighted by atomic mass is 32.2. The lowest BCUT2D eigenvalue weighted by Gasteiger charge is -2.25. The Balaban J connectivity index is 1.92. The molecule has 2 atom stereocenters. The molecule has 5 heteroatoms. The van der Waals surface area contributed by atoms with E-state index in [-0.39, 0.29) is 6.10 Å². The molecule has 1 fully saturated rings. The van der Waals surface area contributed by atoms with E-state index in [1.807, 2.05) is 23.9 Å². The van der Waals surface area contributed by atoms with Gasteiger partial charge in [-0.15, -0.1) is 0 Å². The van der Waals surface area contributed by atoms with Crippen molar-refractivity contribution in [3.05, 3.63) is 41.5 Å². The van der Waals surface area contributed by atoms with E-state index >= 15 is 0 Å². The summed E-state index contributed by atoms with van der Waals surface area (Å²) in [6.07, 6.45) is 3.70. The smallest absolute Gasteiger partial charge is 0.373 e. The molecule has 1 aromatic carbocycles. The molecule has 0 bridgehead atoms. The first-order valence-electron chi connectivity index (χ1n) is 6.49. The van der Waals surface area contributed by atoms with E-state index in [0.29, 0.717) is 5.25 Å². The summed E-state index contributed by atoms with van der Waals surface area (Å²) < 4.78 is 43.0. The van der Waals surface area contributed by atoms with Crippen LogP contribution in [-0.4, -0.2) is 24.2 Å². The number of benzene rings is 1. The lowest BCUT2D eigenvalue weighted by atomic mass is 10.1. The van der Waals surface area contributed by atoms with E-state index in [0.717, 1.165) is 37.1 Å². The van der Waals surface area contributed by atoms with Crippen molar-refractivity contribution in [2.75, 3.05) is 12.9 Å². The van der Waals surface area contributed by atoms with Crippen molar-refractivity contribution in [3.8, 4) is 0 Å². The van der Waals surface area contributed by atoms with Crippen molar-refractivity contribution in [1.29, 1.82) is 0 Å². The zero-order valence-electron chi connectivity index (χ0n) is 11.2. The van der Waals surface area contributed by atoms with Crippen molar-refractivity contribution in [2.24, 2.45) is 0 Å². The second kappa shape index (κ2) is 6.68. The molecule has 1 aromatic rings. The van der Waals surface area contributed by atoms with Gasteiger partial charge >= 0.3 is 6.18 Å². The average molecular weight is 302 g/mol. The third-order valence-corrected chi connectivity index (χ3v) is 4.38. The summed E-state index contributed by atoms with van der Waals surface area (Å²) in [5.41, 5.74) is 0.139. The maximum Gasteiger partial charge on any atom is 0.416 e. The zero-order chi connectivity index (χ0) is 14.6. The second-order valence-corrected chi connectivity index (χ2v) is 5.92. The lowest BCUT2D eigenvalue weighted by Crippen LogP contribution is -2.25. The van der Waals surface area contributed by atoms with Gasteiger partial charge in [0.05, 0.1) is 18.3 Å². The van der Waals surface area contributed by atoms with Gasteiger partial charge in [-0.3, -0.25) is 0 Å². The third-order valence-electron chi connectivity index (χ3n) is 3.34. The number of thioether (sulfide) groups is 1. The standard InChI is InChI=1S/C15H17F3OS/c1-20-14-9-8-13(19-10-14)7-4-11-2-5-12(6-3-11)15(16,17)18/h2-7,13-14H,8-10H2,1H3. The predicted octanol–water partition coefficient (Wildman–Crippen LogP) is 4.63. The molecule has 0 radical (unpaired) electrons. The van der Waals surface area contributed by atoms with Crippen LogP contribution in [0.2, 0.25) is 0 Å². The van der Waals surface area contributed by atoms with Crippen molar-refractivity contribution >= 4 is 17.8 Å². The number of ether oxygens (including phenoxy) is 1. The van der Waals surface area contributed by atoms with Gasteiger partial charge in [0.2, 0.25) is 0 Å². The minimum atomic E-state index is -4.28. The molecule has 20 heavy (non-hydrogen) atoms. The van der Waals surface area contributed by atoms with Gasteiger partial charge in [-0.05, 0) is 36.8 Å². The Kier molecular flexibility index (Phi) is 5.16. The molecular formula is C15H17F3OS. The Morgan fingerprint density at radius 1 is 1.20 bits per heavy atom. The van der Waals surface area contributed by atoms with Gasteiger partial charge in [0.15, 0.2) is 0 Å². The summed E-state index contributed by atoms with van der Waals surface area (Å²) in [7, 11) is 0. The summed E-state index contributed by atoms with van der Waals surface area (Å²) in [6, 6.07) is 5.16. The van der Waals surface area contributed by atoms with E-state index in [4.69, 9.17) is 4.74 Å². The summed E-state index contributed by atoms with van der Waals surface area (Å²) in [6.45, 7) is 0.739. The van der Waals surface area contributed by atoms with Gasteiger partial charge < -0.3 is 4.74 Å². The fourth-order valence-corrected chi connectivity index (χ4v) is 2.67. The first kappa shape index (κ1) is 15.4. The Hall–Kier alpha value is -0.940. The topological polar surface area (TPSA) is 9.23 Å². The highest BCUT2D eigenvalue weighted by Crippen LogP contribution is 2.29. The maximum atomic E-state index is 12.4. The van der Waals surface area contributed by atoms with Crippen LogP contribution >= 0.6 is 11.8 Å². The molecule has 110 valence electrons. The van der Waals surface area contributed by atoms with Crippen LogP contribution in [0.15, 0.2) is 30.3 Å². The molecule has 0 spiro atoms. The molecule has 1 nitrogen and oxygen atoms in total. The van der Waals surface area contributed by atoms with Crippen molar-refractivity contribution < 1.29 is 17.9 Å². The molecule has 1 aliphatic heterocycles. The predicted molar refractivity (Wildman–Crippen MR) is 76.8 cm³/mol. The van der Waals surface area contributed by atoms with Gasteiger partial charge in [0.25, 0.3) is 0 Å². The molecule has 0 N–H and O–H groups in total.